The summed E-state index contributed by atoms with van der Waals surface area (Å²) in [6, 6.07) is 0. The van der Waals surface area contributed by atoms with Gasteiger partial charge in [0.15, 0.2) is 0 Å². The maximum Gasteiger partial charge on any atom is 0.219 e. The van der Waals surface area contributed by atoms with E-state index in [1.165, 1.54) is 18.4 Å². The van der Waals surface area contributed by atoms with Crippen LogP contribution in [-0.2, 0) is 6.42 Å². The van der Waals surface area contributed by atoms with Gasteiger partial charge in [-0.25, -0.2) is 9.40 Å². The average Bonchev–Trinajstić information content (AvgIpc) is 3.13. The van der Waals surface area contributed by atoms with Crippen LogP contribution in [0.3, 0.4) is 0 Å². The molecule has 0 N–H and O–H groups in total. The highest BCUT2D eigenvalue weighted by molar-refractivity contribution is 6.13. The van der Waals surface area contributed by atoms with E-state index in [9.17, 15) is 0 Å². The number of hydrogen-bond acceptors (Lipinski definition) is 4. The smallest absolute Gasteiger partial charge is 0.219 e. The summed E-state index contributed by atoms with van der Waals surface area (Å²) in [4.78, 5) is 9.03. The van der Waals surface area contributed by atoms with Gasteiger partial charge in [-0.2, -0.15) is 4.98 Å². The maximum atomic E-state index is 5.97. The number of methoxy groups -OCH3 is 1. The fourth-order valence-electron chi connectivity index (χ4n) is 2.56. The number of nitrogens with zero attached hydrogens (tertiary/aromatic N) is 3. The zero-order valence-electron chi connectivity index (χ0n) is 10.6. The zero-order chi connectivity index (χ0) is 12.5. The molecule has 2 aliphatic rings. The summed E-state index contributed by atoms with van der Waals surface area (Å²) in [7, 11) is 1.69. The van der Waals surface area contributed by atoms with Crippen LogP contribution in [0, 0.1) is 5.92 Å². The predicted molar refractivity (Wildman–Crippen MR) is 69.8 cm³/mol. The Labute approximate surface area is 112 Å². The molecule has 98 valence electrons. The molecule has 1 aromatic heterocycles. The summed E-state index contributed by atoms with van der Waals surface area (Å²) >= 11 is 5.97. The van der Waals surface area contributed by atoms with Gasteiger partial charge in [-0.15, -0.1) is 0 Å². The third kappa shape index (κ3) is 2.59. The molecule has 3 rings (SSSR count). The second-order valence-corrected chi connectivity index (χ2v) is 5.73. The van der Waals surface area contributed by atoms with Crippen molar-refractivity contribution in [3.63, 3.8) is 0 Å². The molecule has 18 heavy (non-hydrogen) atoms. The van der Waals surface area contributed by atoms with Crippen LogP contribution in [0.4, 0.5) is 0 Å². The molecule has 1 aromatic rings. The Morgan fingerprint density at radius 2 is 2.28 bits per heavy atom. The van der Waals surface area contributed by atoms with Crippen molar-refractivity contribution in [2.24, 2.45) is 5.92 Å². The van der Waals surface area contributed by atoms with Crippen molar-refractivity contribution >= 4 is 11.8 Å². The van der Waals surface area contributed by atoms with Gasteiger partial charge in [0.25, 0.3) is 0 Å². The van der Waals surface area contributed by atoms with E-state index in [0.717, 1.165) is 37.6 Å². The molecule has 2 heterocycles. The minimum absolute atomic E-state index is 0.569. The summed E-state index contributed by atoms with van der Waals surface area (Å²) in [6.07, 6.45) is 6.45. The number of ether oxygens (including phenoxy) is 1. The van der Waals surface area contributed by atoms with Crippen molar-refractivity contribution < 1.29 is 4.74 Å². The standard InChI is InChI=1S/C13H18ClN3O/c1-18-13-11(10-2-3-10)7-15-12(16-13)6-9-4-5-17(14)8-9/h7,9-10H,2-6,8H2,1H3/t9-/m0/s1. The van der Waals surface area contributed by atoms with Crippen molar-refractivity contribution in [3.8, 4) is 5.88 Å². The number of hydrogen-bond donors (Lipinski definition) is 0. The topological polar surface area (TPSA) is 38.2 Å². The Balaban J connectivity index is 1.72. The van der Waals surface area contributed by atoms with Gasteiger partial charge in [0.2, 0.25) is 5.88 Å². The lowest BCUT2D eigenvalue weighted by molar-refractivity contribution is 0.387. The maximum absolute atomic E-state index is 5.97. The van der Waals surface area contributed by atoms with Crippen LogP contribution < -0.4 is 4.74 Å². The molecule has 1 aliphatic heterocycles. The molecule has 0 amide bonds. The third-order valence-corrected chi connectivity index (χ3v) is 4.06. The summed E-state index contributed by atoms with van der Waals surface area (Å²) in [5, 5.41) is 0. The predicted octanol–water partition coefficient (Wildman–Crippen LogP) is 2.38. The van der Waals surface area contributed by atoms with E-state index in [4.69, 9.17) is 16.5 Å². The lowest BCUT2D eigenvalue weighted by Crippen LogP contribution is -2.12. The monoisotopic (exact) mass is 267 g/mol. The molecule has 5 heteroatoms. The second-order valence-electron chi connectivity index (χ2n) is 5.25. The van der Waals surface area contributed by atoms with Crippen LogP contribution in [0.15, 0.2) is 6.20 Å². The van der Waals surface area contributed by atoms with Gasteiger partial charge < -0.3 is 4.74 Å². The first-order chi connectivity index (χ1) is 8.76. The molecule has 0 radical (unpaired) electrons. The number of halogens is 1. The molecule has 4 nitrogen and oxygen atoms in total. The number of rotatable bonds is 4. The molecule has 1 aliphatic carbocycles. The van der Waals surface area contributed by atoms with Gasteiger partial charge in [-0.3, -0.25) is 0 Å². The highest BCUT2D eigenvalue weighted by atomic mass is 35.5. The van der Waals surface area contributed by atoms with E-state index in [-0.39, 0.29) is 0 Å². The van der Waals surface area contributed by atoms with Gasteiger partial charge in [0.1, 0.15) is 5.82 Å². The molecule has 1 atom stereocenters. The first-order valence-electron chi connectivity index (χ1n) is 6.57. The van der Waals surface area contributed by atoms with E-state index in [1.54, 1.807) is 7.11 Å². The minimum atomic E-state index is 0.569. The third-order valence-electron chi connectivity index (χ3n) is 3.75. The first kappa shape index (κ1) is 12.2. The van der Waals surface area contributed by atoms with Crippen molar-refractivity contribution in [3.05, 3.63) is 17.6 Å². The lowest BCUT2D eigenvalue weighted by Gasteiger charge is -2.11. The van der Waals surface area contributed by atoms with Crippen molar-refractivity contribution in [2.75, 3.05) is 20.2 Å². The van der Waals surface area contributed by atoms with E-state index in [1.807, 2.05) is 10.6 Å². The van der Waals surface area contributed by atoms with Crippen LogP contribution in [0.1, 0.15) is 36.6 Å². The highest BCUT2D eigenvalue weighted by Crippen LogP contribution is 2.43. The minimum Gasteiger partial charge on any atom is -0.481 e. The van der Waals surface area contributed by atoms with Gasteiger partial charge >= 0.3 is 0 Å². The fourth-order valence-corrected chi connectivity index (χ4v) is 2.85. The van der Waals surface area contributed by atoms with E-state index in [2.05, 4.69) is 9.97 Å². The molecule has 0 spiro atoms. The first-order valence-corrected chi connectivity index (χ1v) is 6.90. The normalized spacial score (nSPS) is 24.4. The molecular formula is C13H18ClN3O. The zero-order valence-corrected chi connectivity index (χ0v) is 11.4. The van der Waals surface area contributed by atoms with Crippen LogP contribution in [0.5, 0.6) is 5.88 Å². The van der Waals surface area contributed by atoms with E-state index in [0.29, 0.717) is 11.8 Å². The van der Waals surface area contributed by atoms with Gasteiger partial charge in [-0.05, 0) is 42.9 Å². The van der Waals surface area contributed by atoms with Crippen LogP contribution in [0.25, 0.3) is 0 Å². The van der Waals surface area contributed by atoms with Gasteiger partial charge in [-0.1, -0.05) is 0 Å². The molecular weight excluding hydrogens is 250 g/mol. The summed E-state index contributed by atoms with van der Waals surface area (Å²) < 4.78 is 7.23. The SMILES string of the molecule is COc1nc(C[C@@H]2CCN(Cl)C2)ncc1C1CC1. The lowest BCUT2D eigenvalue weighted by atomic mass is 10.0. The van der Waals surface area contributed by atoms with Crippen molar-refractivity contribution in [2.45, 2.75) is 31.6 Å². The molecule has 0 aromatic carbocycles. The van der Waals surface area contributed by atoms with Gasteiger partial charge in [0.05, 0.1) is 7.11 Å². The summed E-state index contributed by atoms with van der Waals surface area (Å²) in [5.41, 5.74) is 1.17. The van der Waals surface area contributed by atoms with Crippen molar-refractivity contribution in [1.82, 2.24) is 14.4 Å². The average molecular weight is 268 g/mol. The molecule has 0 bridgehead atoms. The Morgan fingerprint density at radius 3 is 2.89 bits per heavy atom. The Hall–Kier alpha value is -0.870. The Kier molecular flexibility index (Phi) is 3.39. The van der Waals surface area contributed by atoms with Crippen LogP contribution in [0.2, 0.25) is 0 Å². The summed E-state index contributed by atoms with van der Waals surface area (Å²) in [5.74, 6) is 2.84. The quantitative estimate of drug-likeness (QED) is 0.785. The summed E-state index contributed by atoms with van der Waals surface area (Å²) in [6.45, 7) is 1.89. The van der Waals surface area contributed by atoms with Crippen molar-refractivity contribution in [1.29, 1.82) is 0 Å². The largest absolute Gasteiger partial charge is 0.481 e. The molecule has 1 saturated carbocycles. The Morgan fingerprint density at radius 1 is 1.44 bits per heavy atom. The Bertz CT molecular complexity index is 436. The van der Waals surface area contributed by atoms with Crippen LogP contribution >= 0.6 is 11.8 Å². The number of aromatic nitrogens is 2. The molecule has 1 saturated heterocycles. The molecule has 2 fully saturated rings. The van der Waals surface area contributed by atoms with Gasteiger partial charge in [0, 0.05) is 31.3 Å². The highest BCUT2D eigenvalue weighted by Gasteiger charge is 2.29. The van der Waals surface area contributed by atoms with E-state index >= 15 is 0 Å². The van der Waals surface area contributed by atoms with E-state index < -0.39 is 0 Å². The second kappa shape index (κ2) is 5.02. The molecule has 0 unspecified atom stereocenters. The van der Waals surface area contributed by atoms with Crippen LogP contribution in [-0.4, -0.2) is 34.6 Å². The fraction of sp³-hybridized carbons (Fsp3) is 0.692.